The van der Waals surface area contributed by atoms with Crippen LogP contribution in [0.5, 0.6) is 5.75 Å². The van der Waals surface area contributed by atoms with Crippen molar-refractivity contribution in [1.82, 2.24) is 15.1 Å². The zero-order chi connectivity index (χ0) is 20.6. The normalized spacial score (nSPS) is 14.5. The number of nitrogens with one attached hydrogen (secondary N) is 1. The van der Waals surface area contributed by atoms with E-state index in [2.05, 4.69) is 17.1 Å². The Labute approximate surface area is 172 Å². The Bertz CT molecular complexity index is 828. The molecule has 2 aromatic carbocycles. The second-order valence-electron chi connectivity index (χ2n) is 7.16. The minimum absolute atomic E-state index is 0.00589. The molecule has 29 heavy (non-hydrogen) atoms. The average molecular weight is 396 g/mol. The van der Waals surface area contributed by atoms with Crippen LogP contribution in [0.2, 0.25) is 0 Å². The summed E-state index contributed by atoms with van der Waals surface area (Å²) in [6, 6.07) is 14.8. The molecule has 0 bridgehead atoms. The summed E-state index contributed by atoms with van der Waals surface area (Å²) in [5.74, 6) is 0.646. The van der Waals surface area contributed by atoms with Gasteiger partial charge in [0, 0.05) is 43.9 Å². The largest absolute Gasteiger partial charge is 0.497 e. The van der Waals surface area contributed by atoms with Gasteiger partial charge in [0.25, 0.3) is 11.8 Å². The Morgan fingerprint density at radius 2 is 1.69 bits per heavy atom. The predicted octanol–water partition coefficient (Wildman–Crippen LogP) is 2.45. The van der Waals surface area contributed by atoms with Crippen LogP contribution in [0.15, 0.2) is 48.5 Å². The molecule has 1 fully saturated rings. The molecule has 6 heteroatoms. The minimum atomic E-state index is -0.163. The molecular weight excluding hydrogens is 366 g/mol. The summed E-state index contributed by atoms with van der Waals surface area (Å²) in [6.45, 7) is 6.92. The first-order valence-corrected chi connectivity index (χ1v) is 10.1. The quantitative estimate of drug-likeness (QED) is 0.782. The highest BCUT2D eigenvalue weighted by atomic mass is 16.5. The summed E-state index contributed by atoms with van der Waals surface area (Å²) < 4.78 is 5.15. The van der Waals surface area contributed by atoms with Gasteiger partial charge in [-0.3, -0.25) is 9.59 Å². The van der Waals surface area contributed by atoms with Gasteiger partial charge in [-0.25, -0.2) is 0 Å². The molecule has 0 aromatic heterocycles. The van der Waals surface area contributed by atoms with Crippen molar-refractivity contribution < 1.29 is 14.3 Å². The molecule has 154 valence electrons. The van der Waals surface area contributed by atoms with Gasteiger partial charge in [0.1, 0.15) is 5.75 Å². The summed E-state index contributed by atoms with van der Waals surface area (Å²) in [6.07, 6.45) is 0.732. The van der Waals surface area contributed by atoms with Gasteiger partial charge < -0.3 is 19.9 Å². The van der Waals surface area contributed by atoms with Crippen molar-refractivity contribution in [2.24, 2.45) is 0 Å². The molecule has 1 aliphatic heterocycles. The van der Waals surface area contributed by atoms with Crippen molar-refractivity contribution in [3.8, 4) is 5.75 Å². The van der Waals surface area contributed by atoms with Crippen molar-refractivity contribution in [3.63, 3.8) is 0 Å². The Morgan fingerprint density at radius 3 is 2.34 bits per heavy atom. The maximum atomic E-state index is 12.8. The van der Waals surface area contributed by atoms with E-state index in [0.717, 1.165) is 50.5 Å². The highest BCUT2D eigenvalue weighted by Crippen LogP contribution is 2.13. The standard InChI is InChI=1S/C23H29N3O3/c1-3-25-13-15-26(16-14-25)23(28)20-6-4-5-19(17-20)22(27)24-12-11-18-7-9-21(29-2)10-8-18/h4-10,17H,3,11-16H2,1-2H3,(H,24,27). The molecule has 0 saturated carbocycles. The summed E-state index contributed by atoms with van der Waals surface area (Å²) >= 11 is 0. The number of hydrogen-bond acceptors (Lipinski definition) is 4. The van der Waals surface area contributed by atoms with Gasteiger partial charge in [-0.05, 0) is 48.9 Å². The van der Waals surface area contributed by atoms with Crippen LogP contribution in [0, 0.1) is 0 Å². The first-order chi connectivity index (χ1) is 14.1. The zero-order valence-electron chi connectivity index (χ0n) is 17.2. The number of carbonyl (C=O) groups excluding carboxylic acids is 2. The molecule has 1 aliphatic rings. The van der Waals surface area contributed by atoms with Gasteiger partial charge in [0.05, 0.1) is 7.11 Å². The molecule has 0 unspecified atom stereocenters. The lowest BCUT2D eigenvalue weighted by Crippen LogP contribution is -2.48. The van der Waals surface area contributed by atoms with E-state index < -0.39 is 0 Å². The maximum Gasteiger partial charge on any atom is 0.253 e. The lowest BCUT2D eigenvalue weighted by molar-refractivity contribution is 0.0643. The van der Waals surface area contributed by atoms with Crippen LogP contribution in [0.25, 0.3) is 0 Å². The lowest BCUT2D eigenvalue weighted by Gasteiger charge is -2.34. The Kier molecular flexibility index (Phi) is 7.25. The molecule has 0 atom stereocenters. The van der Waals surface area contributed by atoms with Crippen molar-refractivity contribution >= 4 is 11.8 Å². The van der Waals surface area contributed by atoms with Crippen LogP contribution in [-0.4, -0.2) is 68.0 Å². The number of rotatable bonds is 7. The van der Waals surface area contributed by atoms with E-state index in [1.54, 1.807) is 31.4 Å². The Hall–Kier alpha value is -2.86. The summed E-state index contributed by atoms with van der Waals surface area (Å²) in [5, 5.41) is 2.93. The highest BCUT2D eigenvalue weighted by Gasteiger charge is 2.21. The van der Waals surface area contributed by atoms with Crippen molar-refractivity contribution in [2.75, 3.05) is 46.4 Å². The highest BCUT2D eigenvalue weighted by molar-refractivity contribution is 5.99. The first-order valence-electron chi connectivity index (χ1n) is 10.1. The van der Waals surface area contributed by atoms with Crippen LogP contribution in [0.4, 0.5) is 0 Å². The second-order valence-corrected chi connectivity index (χ2v) is 7.16. The predicted molar refractivity (Wildman–Crippen MR) is 113 cm³/mol. The summed E-state index contributed by atoms with van der Waals surface area (Å²) in [4.78, 5) is 29.5. The first kappa shape index (κ1) is 20.9. The molecule has 6 nitrogen and oxygen atoms in total. The van der Waals surface area contributed by atoms with Gasteiger partial charge in [0.2, 0.25) is 0 Å². The number of hydrogen-bond donors (Lipinski definition) is 1. The van der Waals surface area contributed by atoms with E-state index >= 15 is 0 Å². The van der Waals surface area contributed by atoms with E-state index in [4.69, 9.17) is 4.74 Å². The third-order valence-corrected chi connectivity index (χ3v) is 5.34. The van der Waals surface area contributed by atoms with E-state index in [9.17, 15) is 9.59 Å². The fraction of sp³-hybridized carbons (Fsp3) is 0.391. The molecule has 0 radical (unpaired) electrons. The number of nitrogens with zero attached hydrogens (tertiary/aromatic N) is 2. The Balaban J connectivity index is 1.54. The second kappa shape index (κ2) is 10.1. The minimum Gasteiger partial charge on any atom is -0.497 e. The van der Waals surface area contributed by atoms with Gasteiger partial charge in [-0.1, -0.05) is 25.1 Å². The third-order valence-electron chi connectivity index (χ3n) is 5.34. The van der Waals surface area contributed by atoms with E-state index in [0.29, 0.717) is 17.7 Å². The molecule has 3 rings (SSSR count). The van der Waals surface area contributed by atoms with E-state index in [-0.39, 0.29) is 11.8 Å². The number of piperazine rings is 1. The van der Waals surface area contributed by atoms with Gasteiger partial charge in [-0.15, -0.1) is 0 Å². The third kappa shape index (κ3) is 5.57. The van der Waals surface area contributed by atoms with Crippen LogP contribution < -0.4 is 10.1 Å². The molecule has 1 heterocycles. The summed E-state index contributed by atoms with van der Waals surface area (Å²) in [7, 11) is 1.64. The smallest absolute Gasteiger partial charge is 0.253 e. The molecule has 2 amide bonds. The molecule has 1 saturated heterocycles. The van der Waals surface area contributed by atoms with E-state index in [1.165, 1.54) is 0 Å². The molecule has 1 N–H and O–H groups in total. The fourth-order valence-corrected chi connectivity index (χ4v) is 3.46. The molecule has 2 aromatic rings. The van der Waals surface area contributed by atoms with Crippen LogP contribution >= 0.6 is 0 Å². The SMILES string of the molecule is CCN1CCN(C(=O)c2cccc(C(=O)NCCc3ccc(OC)cc3)c2)CC1. The van der Waals surface area contributed by atoms with Gasteiger partial charge in [-0.2, -0.15) is 0 Å². The number of amides is 2. The van der Waals surface area contributed by atoms with Crippen molar-refractivity contribution in [1.29, 1.82) is 0 Å². The van der Waals surface area contributed by atoms with Crippen molar-refractivity contribution in [3.05, 3.63) is 65.2 Å². The topological polar surface area (TPSA) is 61.9 Å². The number of benzene rings is 2. The number of likely N-dealkylation sites (N-methyl/N-ethyl adjacent to an activating group) is 1. The summed E-state index contributed by atoms with van der Waals surface area (Å²) in [5.41, 5.74) is 2.21. The molecule has 0 spiro atoms. The zero-order valence-corrected chi connectivity index (χ0v) is 17.2. The number of methoxy groups -OCH3 is 1. The van der Waals surface area contributed by atoms with Crippen molar-refractivity contribution in [2.45, 2.75) is 13.3 Å². The van der Waals surface area contributed by atoms with Gasteiger partial charge >= 0.3 is 0 Å². The Morgan fingerprint density at radius 1 is 1.00 bits per heavy atom. The molecular formula is C23H29N3O3. The van der Waals surface area contributed by atoms with Crippen LogP contribution in [0.3, 0.4) is 0 Å². The van der Waals surface area contributed by atoms with Crippen LogP contribution in [-0.2, 0) is 6.42 Å². The average Bonchev–Trinajstić information content (AvgIpc) is 2.79. The maximum absolute atomic E-state index is 12.8. The monoisotopic (exact) mass is 395 g/mol. The fourth-order valence-electron chi connectivity index (χ4n) is 3.46. The van der Waals surface area contributed by atoms with E-state index in [1.807, 2.05) is 29.2 Å². The van der Waals surface area contributed by atoms with Crippen LogP contribution in [0.1, 0.15) is 33.2 Å². The number of ether oxygens (including phenoxy) is 1. The lowest BCUT2D eigenvalue weighted by atomic mass is 10.1. The number of carbonyl (C=O) groups is 2. The molecule has 0 aliphatic carbocycles. The van der Waals surface area contributed by atoms with Gasteiger partial charge in [0.15, 0.2) is 0 Å².